The molecular formula is C14H11ClN4O2. The van der Waals surface area contributed by atoms with Gasteiger partial charge in [-0.25, -0.2) is 4.98 Å². The fourth-order valence-corrected chi connectivity index (χ4v) is 2.34. The molecule has 0 aliphatic carbocycles. The molecule has 0 fully saturated rings. The highest BCUT2D eigenvalue weighted by atomic mass is 35.5. The minimum Gasteiger partial charge on any atom is -0.397 e. The number of hydrogen-bond acceptors (Lipinski definition) is 4. The topological polar surface area (TPSA) is 88.3 Å². The Hall–Kier alpha value is -2.60. The molecule has 2 amide bonds. The van der Waals surface area contributed by atoms with Gasteiger partial charge in [0.15, 0.2) is 0 Å². The Morgan fingerprint density at radius 3 is 2.95 bits per heavy atom. The molecule has 0 spiro atoms. The summed E-state index contributed by atoms with van der Waals surface area (Å²) in [7, 11) is 0. The summed E-state index contributed by atoms with van der Waals surface area (Å²) >= 11 is 5.81. The van der Waals surface area contributed by atoms with Crippen LogP contribution in [0.2, 0.25) is 5.15 Å². The maximum Gasteiger partial charge on any atom is 0.261 e. The van der Waals surface area contributed by atoms with Gasteiger partial charge in [-0.15, -0.1) is 0 Å². The van der Waals surface area contributed by atoms with Crippen molar-refractivity contribution in [2.45, 2.75) is 0 Å². The van der Waals surface area contributed by atoms with Crippen molar-refractivity contribution in [3.05, 3.63) is 47.2 Å². The van der Waals surface area contributed by atoms with E-state index in [0.29, 0.717) is 11.4 Å². The smallest absolute Gasteiger partial charge is 0.261 e. The van der Waals surface area contributed by atoms with Crippen molar-refractivity contribution in [1.82, 2.24) is 4.98 Å². The molecule has 3 rings (SSSR count). The average Bonchev–Trinajstić information content (AvgIpc) is 2.48. The van der Waals surface area contributed by atoms with Gasteiger partial charge < -0.3 is 11.1 Å². The van der Waals surface area contributed by atoms with Crippen LogP contribution < -0.4 is 16.0 Å². The zero-order valence-corrected chi connectivity index (χ0v) is 11.6. The molecule has 3 N–H and O–H groups in total. The largest absolute Gasteiger partial charge is 0.397 e. The van der Waals surface area contributed by atoms with Gasteiger partial charge in [-0.2, -0.15) is 0 Å². The number of nitrogen functional groups attached to an aromatic ring is 1. The molecule has 2 aromatic rings. The number of para-hydroxylation sites is 2. The van der Waals surface area contributed by atoms with Crippen LogP contribution in [0.4, 0.5) is 17.1 Å². The predicted molar refractivity (Wildman–Crippen MR) is 80.4 cm³/mol. The molecule has 106 valence electrons. The molecule has 0 unspecified atom stereocenters. The molecule has 0 saturated carbocycles. The summed E-state index contributed by atoms with van der Waals surface area (Å²) < 4.78 is 0. The third-order valence-electron chi connectivity index (χ3n) is 3.15. The number of halogens is 1. The first-order valence-corrected chi connectivity index (χ1v) is 6.56. The Kier molecular flexibility index (Phi) is 3.23. The Labute approximate surface area is 125 Å². The normalized spacial score (nSPS) is 13.6. The van der Waals surface area contributed by atoms with E-state index in [4.69, 9.17) is 17.3 Å². The SMILES string of the molecule is Nc1cnc(Cl)cc1C(=O)N1CC(=O)Nc2ccccc21. The third kappa shape index (κ3) is 2.41. The second-order valence-corrected chi connectivity index (χ2v) is 4.94. The van der Waals surface area contributed by atoms with Gasteiger partial charge in [0.2, 0.25) is 5.91 Å². The third-order valence-corrected chi connectivity index (χ3v) is 3.35. The maximum atomic E-state index is 12.7. The number of hydrogen-bond donors (Lipinski definition) is 2. The van der Waals surface area contributed by atoms with Gasteiger partial charge in [-0.1, -0.05) is 23.7 Å². The van der Waals surface area contributed by atoms with E-state index in [-0.39, 0.29) is 34.8 Å². The number of benzene rings is 1. The average molecular weight is 303 g/mol. The summed E-state index contributed by atoms with van der Waals surface area (Å²) in [4.78, 5) is 29.6. The van der Waals surface area contributed by atoms with Crippen molar-refractivity contribution in [3.8, 4) is 0 Å². The maximum absolute atomic E-state index is 12.7. The van der Waals surface area contributed by atoms with Crippen molar-refractivity contribution >= 4 is 40.5 Å². The van der Waals surface area contributed by atoms with E-state index in [1.165, 1.54) is 17.2 Å². The first kappa shape index (κ1) is 13.4. The highest BCUT2D eigenvalue weighted by molar-refractivity contribution is 6.30. The Morgan fingerprint density at radius 1 is 1.38 bits per heavy atom. The molecule has 0 saturated heterocycles. The lowest BCUT2D eigenvalue weighted by atomic mass is 10.1. The van der Waals surface area contributed by atoms with E-state index in [1.807, 2.05) is 0 Å². The summed E-state index contributed by atoms with van der Waals surface area (Å²) in [6.45, 7) is -0.0742. The standard InChI is InChI=1S/C14H11ClN4O2/c15-12-5-8(9(16)6-17-12)14(21)19-7-13(20)18-10-3-1-2-4-11(10)19/h1-6H,7,16H2,(H,18,20). The molecular weight excluding hydrogens is 292 g/mol. The highest BCUT2D eigenvalue weighted by Gasteiger charge is 2.28. The van der Waals surface area contributed by atoms with Gasteiger partial charge in [0.1, 0.15) is 11.7 Å². The number of nitrogens with two attached hydrogens (primary N) is 1. The molecule has 0 atom stereocenters. The van der Waals surface area contributed by atoms with Gasteiger partial charge in [-0.3, -0.25) is 14.5 Å². The minimum atomic E-state index is -0.390. The fourth-order valence-electron chi connectivity index (χ4n) is 2.19. The van der Waals surface area contributed by atoms with Gasteiger partial charge in [0.25, 0.3) is 5.91 Å². The van der Waals surface area contributed by atoms with Crippen LogP contribution >= 0.6 is 11.6 Å². The van der Waals surface area contributed by atoms with Crippen LogP contribution in [0.15, 0.2) is 36.5 Å². The van der Waals surface area contributed by atoms with Crippen LogP contribution in [0.25, 0.3) is 0 Å². The van der Waals surface area contributed by atoms with Crippen LogP contribution in [-0.2, 0) is 4.79 Å². The van der Waals surface area contributed by atoms with Crippen molar-refractivity contribution in [2.75, 3.05) is 22.5 Å². The lowest BCUT2D eigenvalue weighted by Gasteiger charge is -2.29. The van der Waals surface area contributed by atoms with E-state index in [1.54, 1.807) is 24.3 Å². The highest BCUT2D eigenvalue weighted by Crippen LogP contribution is 2.31. The van der Waals surface area contributed by atoms with Crippen molar-refractivity contribution in [1.29, 1.82) is 0 Å². The monoisotopic (exact) mass is 302 g/mol. The van der Waals surface area contributed by atoms with Crippen molar-refractivity contribution in [3.63, 3.8) is 0 Å². The van der Waals surface area contributed by atoms with Gasteiger partial charge in [0.05, 0.1) is 28.8 Å². The number of amides is 2. The Morgan fingerprint density at radius 2 is 2.14 bits per heavy atom. The van der Waals surface area contributed by atoms with E-state index in [9.17, 15) is 9.59 Å². The quantitative estimate of drug-likeness (QED) is 0.788. The van der Waals surface area contributed by atoms with Crippen LogP contribution in [0.5, 0.6) is 0 Å². The van der Waals surface area contributed by atoms with Gasteiger partial charge >= 0.3 is 0 Å². The lowest BCUT2D eigenvalue weighted by molar-refractivity contribution is -0.115. The molecule has 2 heterocycles. The van der Waals surface area contributed by atoms with Crippen LogP contribution in [0.3, 0.4) is 0 Å². The van der Waals surface area contributed by atoms with E-state index < -0.39 is 0 Å². The summed E-state index contributed by atoms with van der Waals surface area (Å²) in [5, 5.41) is 2.89. The molecule has 0 bridgehead atoms. The Balaban J connectivity index is 2.06. The molecule has 1 aliphatic rings. The number of nitrogens with zero attached hydrogens (tertiary/aromatic N) is 2. The van der Waals surface area contributed by atoms with E-state index >= 15 is 0 Å². The van der Waals surface area contributed by atoms with Crippen LogP contribution in [-0.4, -0.2) is 23.3 Å². The molecule has 1 aromatic heterocycles. The van der Waals surface area contributed by atoms with Gasteiger partial charge in [0, 0.05) is 0 Å². The molecule has 6 nitrogen and oxygen atoms in total. The summed E-state index contributed by atoms with van der Waals surface area (Å²) in [6, 6.07) is 8.46. The summed E-state index contributed by atoms with van der Waals surface area (Å²) in [6.07, 6.45) is 1.32. The number of carbonyl (C=O) groups is 2. The van der Waals surface area contributed by atoms with Crippen LogP contribution in [0.1, 0.15) is 10.4 Å². The zero-order chi connectivity index (χ0) is 15.0. The van der Waals surface area contributed by atoms with E-state index in [2.05, 4.69) is 10.3 Å². The first-order valence-electron chi connectivity index (χ1n) is 6.18. The molecule has 0 radical (unpaired) electrons. The predicted octanol–water partition coefficient (Wildman–Crippen LogP) is 1.92. The zero-order valence-electron chi connectivity index (χ0n) is 10.8. The second-order valence-electron chi connectivity index (χ2n) is 4.55. The number of fused-ring (bicyclic) bond motifs is 1. The molecule has 1 aliphatic heterocycles. The number of anilines is 3. The molecule has 1 aromatic carbocycles. The van der Waals surface area contributed by atoms with Gasteiger partial charge in [-0.05, 0) is 18.2 Å². The summed E-state index contributed by atoms with van der Waals surface area (Å²) in [5.74, 6) is -0.653. The number of nitrogens with one attached hydrogen (secondary N) is 1. The van der Waals surface area contributed by atoms with E-state index in [0.717, 1.165) is 0 Å². The minimum absolute atomic E-state index is 0.0742. The number of rotatable bonds is 1. The Bertz CT molecular complexity index is 748. The molecule has 7 heteroatoms. The van der Waals surface area contributed by atoms with Crippen LogP contribution in [0, 0.1) is 0 Å². The molecule has 21 heavy (non-hydrogen) atoms. The lowest BCUT2D eigenvalue weighted by Crippen LogP contribution is -2.42. The number of carbonyl (C=O) groups excluding carboxylic acids is 2. The first-order chi connectivity index (χ1) is 10.1. The summed E-state index contributed by atoms with van der Waals surface area (Å²) in [5.41, 5.74) is 7.42. The number of aromatic nitrogens is 1. The van der Waals surface area contributed by atoms with Crippen molar-refractivity contribution < 1.29 is 9.59 Å². The van der Waals surface area contributed by atoms with Crippen molar-refractivity contribution in [2.24, 2.45) is 0 Å². The number of pyridine rings is 1. The second kappa shape index (κ2) is 5.06. The fraction of sp³-hybridized carbons (Fsp3) is 0.0714.